The van der Waals surface area contributed by atoms with Gasteiger partial charge in [0.05, 0.1) is 11.0 Å². The van der Waals surface area contributed by atoms with Crippen LogP contribution in [-0.2, 0) is 0 Å². The molecule has 0 spiro atoms. The number of fused-ring (bicyclic) bond motifs is 1. The quantitative estimate of drug-likeness (QED) is 0.600. The van der Waals surface area contributed by atoms with E-state index in [4.69, 9.17) is 5.73 Å². The van der Waals surface area contributed by atoms with Crippen LogP contribution in [0.25, 0.3) is 11.0 Å². The van der Waals surface area contributed by atoms with Crippen molar-refractivity contribution >= 4 is 39.6 Å². The Hall–Kier alpha value is -0.780. The van der Waals surface area contributed by atoms with Gasteiger partial charge >= 0.3 is 0 Å². The lowest BCUT2D eigenvalue weighted by Crippen LogP contribution is -2.18. The Labute approximate surface area is 127 Å². The molecule has 0 saturated heterocycles. The highest BCUT2D eigenvalue weighted by molar-refractivity contribution is 14.1. The summed E-state index contributed by atoms with van der Waals surface area (Å²) in [7, 11) is 0. The minimum Gasteiger partial charge on any atom is -0.369 e. The fraction of sp³-hybridized carbons (Fsp3) is 0.533. The normalized spacial score (nSPS) is 24.5. The molecule has 2 N–H and O–H groups in total. The zero-order valence-electron chi connectivity index (χ0n) is 11.3. The Morgan fingerprint density at radius 3 is 2.89 bits per heavy atom. The molecule has 2 aromatic rings. The number of benzene rings is 1. The maximum atomic E-state index is 6.20. The third kappa shape index (κ3) is 2.47. The predicted molar refractivity (Wildman–Crippen MR) is 88.1 cm³/mol. The van der Waals surface area contributed by atoms with Crippen LogP contribution in [0.2, 0.25) is 0 Å². The van der Waals surface area contributed by atoms with Gasteiger partial charge in [-0.1, -0.05) is 26.2 Å². The van der Waals surface area contributed by atoms with E-state index in [1.54, 1.807) is 0 Å². The molecule has 2 atom stereocenters. The first-order valence-electron chi connectivity index (χ1n) is 7.10. The van der Waals surface area contributed by atoms with E-state index in [-0.39, 0.29) is 0 Å². The number of rotatable bonds is 1. The van der Waals surface area contributed by atoms with Gasteiger partial charge in [-0.3, -0.25) is 0 Å². The molecular formula is C15H20IN3. The molecule has 1 fully saturated rings. The zero-order chi connectivity index (χ0) is 13.4. The van der Waals surface area contributed by atoms with Crippen LogP contribution in [0.15, 0.2) is 18.2 Å². The van der Waals surface area contributed by atoms with Crippen LogP contribution >= 0.6 is 22.6 Å². The molecule has 19 heavy (non-hydrogen) atoms. The summed E-state index contributed by atoms with van der Waals surface area (Å²) in [6, 6.07) is 6.93. The number of nitrogens with zero attached hydrogens (tertiary/aromatic N) is 2. The van der Waals surface area contributed by atoms with Gasteiger partial charge in [0.15, 0.2) is 0 Å². The third-order valence-electron chi connectivity index (χ3n) is 4.33. The van der Waals surface area contributed by atoms with E-state index in [9.17, 15) is 0 Å². The predicted octanol–water partition coefficient (Wildman–Crippen LogP) is 4.36. The Kier molecular flexibility index (Phi) is 3.69. The maximum absolute atomic E-state index is 6.20. The fourth-order valence-corrected chi connectivity index (χ4v) is 3.77. The second-order valence-electron chi connectivity index (χ2n) is 5.66. The van der Waals surface area contributed by atoms with Crippen molar-refractivity contribution in [1.82, 2.24) is 9.55 Å². The molecule has 1 saturated carbocycles. The summed E-state index contributed by atoms with van der Waals surface area (Å²) in [4.78, 5) is 4.55. The first kappa shape index (κ1) is 13.2. The largest absolute Gasteiger partial charge is 0.369 e. The Morgan fingerprint density at radius 2 is 2.05 bits per heavy atom. The van der Waals surface area contributed by atoms with Crippen LogP contribution in [0.4, 0.5) is 5.95 Å². The smallest absolute Gasteiger partial charge is 0.201 e. The summed E-state index contributed by atoms with van der Waals surface area (Å²) < 4.78 is 3.49. The van der Waals surface area contributed by atoms with Crippen molar-refractivity contribution < 1.29 is 0 Å². The molecule has 0 aliphatic heterocycles. The summed E-state index contributed by atoms with van der Waals surface area (Å²) in [6.07, 6.45) is 6.53. The van der Waals surface area contributed by atoms with Gasteiger partial charge in [0.1, 0.15) is 0 Å². The van der Waals surface area contributed by atoms with E-state index in [2.05, 4.69) is 57.3 Å². The molecule has 1 heterocycles. The van der Waals surface area contributed by atoms with Crippen LogP contribution in [0.3, 0.4) is 0 Å². The lowest BCUT2D eigenvalue weighted by atomic mass is 9.96. The SMILES string of the molecule is CC1CCCCCC1n1c(N)nc2cc(I)ccc21. The molecule has 1 aliphatic carbocycles. The van der Waals surface area contributed by atoms with Crippen molar-refractivity contribution in [3.05, 3.63) is 21.8 Å². The van der Waals surface area contributed by atoms with Gasteiger partial charge in [-0.15, -0.1) is 0 Å². The summed E-state index contributed by atoms with van der Waals surface area (Å²) in [5, 5.41) is 0. The summed E-state index contributed by atoms with van der Waals surface area (Å²) >= 11 is 2.32. The number of imidazole rings is 1. The Morgan fingerprint density at radius 1 is 1.26 bits per heavy atom. The van der Waals surface area contributed by atoms with Gasteiger partial charge in [0.2, 0.25) is 5.95 Å². The average molecular weight is 369 g/mol. The molecule has 0 amide bonds. The summed E-state index contributed by atoms with van der Waals surface area (Å²) in [6.45, 7) is 2.36. The van der Waals surface area contributed by atoms with Crippen molar-refractivity contribution in [3.8, 4) is 0 Å². The van der Waals surface area contributed by atoms with Gasteiger partial charge < -0.3 is 10.3 Å². The van der Waals surface area contributed by atoms with Crippen molar-refractivity contribution in [3.63, 3.8) is 0 Å². The topological polar surface area (TPSA) is 43.8 Å². The highest BCUT2D eigenvalue weighted by Crippen LogP contribution is 2.36. The minimum atomic E-state index is 0.507. The van der Waals surface area contributed by atoms with Crippen molar-refractivity contribution in [2.45, 2.75) is 45.1 Å². The van der Waals surface area contributed by atoms with E-state index in [0.29, 0.717) is 17.9 Å². The van der Waals surface area contributed by atoms with Crippen LogP contribution in [0.5, 0.6) is 0 Å². The monoisotopic (exact) mass is 369 g/mol. The lowest BCUT2D eigenvalue weighted by molar-refractivity contribution is 0.344. The van der Waals surface area contributed by atoms with Gasteiger partial charge in [-0.2, -0.15) is 0 Å². The highest BCUT2D eigenvalue weighted by Gasteiger charge is 2.24. The van der Waals surface area contributed by atoms with Crippen LogP contribution in [-0.4, -0.2) is 9.55 Å². The maximum Gasteiger partial charge on any atom is 0.201 e. The van der Waals surface area contributed by atoms with E-state index in [1.165, 1.54) is 41.2 Å². The third-order valence-corrected chi connectivity index (χ3v) is 5.00. The Balaban J connectivity index is 2.10. The molecule has 3 nitrogen and oxygen atoms in total. The van der Waals surface area contributed by atoms with E-state index in [1.807, 2.05) is 0 Å². The van der Waals surface area contributed by atoms with Gasteiger partial charge in [-0.05, 0) is 59.5 Å². The first-order valence-corrected chi connectivity index (χ1v) is 8.17. The summed E-state index contributed by atoms with van der Waals surface area (Å²) in [5.74, 6) is 1.36. The number of hydrogen-bond acceptors (Lipinski definition) is 2. The standard InChI is InChI=1S/C15H20IN3/c1-10-5-3-2-4-6-13(10)19-14-8-7-11(16)9-12(14)18-15(19)17/h7-10,13H,2-6H2,1H3,(H2,17,18). The highest BCUT2D eigenvalue weighted by atomic mass is 127. The molecule has 1 aromatic carbocycles. The van der Waals surface area contributed by atoms with Crippen molar-refractivity contribution in [1.29, 1.82) is 0 Å². The molecule has 4 heteroatoms. The van der Waals surface area contributed by atoms with Crippen LogP contribution < -0.4 is 5.73 Å². The van der Waals surface area contributed by atoms with E-state index >= 15 is 0 Å². The average Bonchev–Trinajstić information content (AvgIpc) is 2.54. The van der Waals surface area contributed by atoms with Gasteiger partial charge in [0.25, 0.3) is 0 Å². The number of hydrogen-bond donors (Lipinski definition) is 1. The first-order chi connectivity index (χ1) is 9.16. The Bertz CT molecular complexity index is 590. The molecule has 2 unspecified atom stereocenters. The zero-order valence-corrected chi connectivity index (χ0v) is 13.4. The molecule has 1 aliphatic rings. The number of nitrogen functional groups attached to an aromatic ring is 1. The molecule has 0 bridgehead atoms. The van der Waals surface area contributed by atoms with Gasteiger partial charge in [0, 0.05) is 9.61 Å². The molecule has 102 valence electrons. The fourth-order valence-electron chi connectivity index (χ4n) is 3.30. The number of aromatic nitrogens is 2. The lowest BCUT2D eigenvalue weighted by Gasteiger charge is -2.24. The number of halogens is 1. The molecule has 0 radical (unpaired) electrons. The van der Waals surface area contributed by atoms with Crippen molar-refractivity contribution in [2.75, 3.05) is 5.73 Å². The number of anilines is 1. The second kappa shape index (κ2) is 5.31. The van der Waals surface area contributed by atoms with Crippen LogP contribution in [0, 0.1) is 9.49 Å². The molecule has 1 aromatic heterocycles. The molecular weight excluding hydrogens is 349 g/mol. The van der Waals surface area contributed by atoms with Crippen molar-refractivity contribution in [2.24, 2.45) is 5.92 Å². The van der Waals surface area contributed by atoms with E-state index < -0.39 is 0 Å². The second-order valence-corrected chi connectivity index (χ2v) is 6.90. The van der Waals surface area contributed by atoms with Crippen LogP contribution in [0.1, 0.15) is 45.1 Å². The molecule has 3 rings (SSSR count). The number of nitrogens with two attached hydrogens (primary N) is 1. The minimum absolute atomic E-state index is 0.507. The summed E-state index contributed by atoms with van der Waals surface area (Å²) in [5.41, 5.74) is 8.42. The van der Waals surface area contributed by atoms with E-state index in [0.717, 1.165) is 5.52 Å². The van der Waals surface area contributed by atoms with Gasteiger partial charge in [-0.25, -0.2) is 4.98 Å².